The lowest BCUT2D eigenvalue weighted by Crippen LogP contribution is -1.98. The molecule has 0 atom stereocenters. The van der Waals surface area contributed by atoms with Gasteiger partial charge in [-0.1, -0.05) is 0 Å². The molecule has 2 aromatic carbocycles. The van der Waals surface area contributed by atoms with Crippen molar-refractivity contribution in [2.75, 3.05) is 7.11 Å². The van der Waals surface area contributed by atoms with E-state index in [1.807, 2.05) is 0 Å². The number of benzene rings is 2. The summed E-state index contributed by atoms with van der Waals surface area (Å²) in [4.78, 5) is 12.3. The molecule has 2 heterocycles. The Morgan fingerprint density at radius 2 is 1.82 bits per heavy atom. The van der Waals surface area contributed by atoms with E-state index in [0.29, 0.717) is 16.7 Å². The van der Waals surface area contributed by atoms with Gasteiger partial charge in [0.15, 0.2) is 5.58 Å². The first kappa shape index (κ1) is 12.6. The van der Waals surface area contributed by atoms with Gasteiger partial charge in [-0.05, 0) is 12.1 Å². The fraction of sp³-hybridized carbons (Fsp3) is 0.0625. The molecule has 4 aromatic rings. The Hall–Kier alpha value is -3.15. The summed E-state index contributed by atoms with van der Waals surface area (Å²) in [6.45, 7) is 0. The first-order chi connectivity index (χ1) is 10.6. The van der Waals surface area contributed by atoms with Gasteiger partial charge in [0.05, 0.1) is 7.11 Å². The molecule has 22 heavy (non-hydrogen) atoms. The maximum absolute atomic E-state index is 12.3. The van der Waals surface area contributed by atoms with Crippen LogP contribution >= 0.6 is 0 Å². The van der Waals surface area contributed by atoms with Crippen LogP contribution in [0.5, 0.6) is 17.2 Å². The molecule has 0 fully saturated rings. The minimum absolute atomic E-state index is 0.0196. The highest BCUT2D eigenvalue weighted by atomic mass is 16.5. The van der Waals surface area contributed by atoms with Crippen LogP contribution in [0.15, 0.2) is 44.0 Å². The lowest BCUT2D eigenvalue weighted by Gasteiger charge is -2.04. The molecule has 0 aliphatic rings. The third-order valence-corrected chi connectivity index (χ3v) is 3.60. The van der Waals surface area contributed by atoms with Gasteiger partial charge in [0.25, 0.3) is 0 Å². The quantitative estimate of drug-likeness (QED) is 0.524. The first-order valence-corrected chi connectivity index (χ1v) is 6.47. The third-order valence-electron chi connectivity index (χ3n) is 3.60. The average molecular weight is 298 g/mol. The van der Waals surface area contributed by atoms with Gasteiger partial charge in [0.1, 0.15) is 39.2 Å². The van der Waals surface area contributed by atoms with Crippen molar-refractivity contribution < 1.29 is 23.8 Å². The zero-order valence-electron chi connectivity index (χ0n) is 11.4. The van der Waals surface area contributed by atoms with Gasteiger partial charge >= 0.3 is 5.63 Å². The second kappa shape index (κ2) is 4.17. The van der Waals surface area contributed by atoms with Crippen LogP contribution in [-0.2, 0) is 0 Å². The topological polar surface area (TPSA) is 93.0 Å². The molecule has 0 bridgehead atoms. The fourth-order valence-electron chi connectivity index (χ4n) is 2.62. The van der Waals surface area contributed by atoms with Gasteiger partial charge in [-0.3, -0.25) is 0 Å². The van der Waals surface area contributed by atoms with Gasteiger partial charge in [-0.25, -0.2) is 4.79 Å². The molecule has 110 valence electrons. The summed E-state index contributed by atoms with van der Waals surface area (Å²) in [6, 6.07) is 7.34. The number of methoxy groups -OCH3 is 1. The number of fused-ring (bicyclic) bond motifs is 5. The Morgan fingerprint density at radius 3 is 2.59 bits per heavy atom. The molecule has 2 aromatic heterocycles. The molecule has 0 amide bonds. The molecule has 6 heteroatoms. The van der Waals surface area contributed by atoms with Crippen molar-refractivity contribution in [1.29, 1.82) is 0 Å². The van der Waals surface area contributed by atoms with E-state index in [0.717, 1.165) is 0 Å². The molecule has 0 saturated carbocycles. The second-order valence-corrected chi connectivity index (χ2v) is 4.90. The highest BCUT2D eigenvalue weighted by Crippen LogP contribution is 2.38. The van der Waals surface area contributed by atoms with E-state index in [4.69, 9.17) is 13.6 Å². The van der Waals surface area contributed by atoms with E-state index in [2.05, 4.69) is 0 Å². The van der Waals surface area contributed by atoms with Crippen molar-refractivity contribution in [2.45, 2.75) is 0 Å². The zero-order chi connectivity index (χ0) is 15.4. The number of aromatic hydroxyl groups is 2. The highest BCUT2D eigenvalue weighted by molar-refractivity contribution is 6.14. The number of phenols is 2. The summed E-state index contributed by atoms with van der Waals surface area (Å²) in [5.74, 6) is 0.263. The van der Waals surface area contributed by atoms with E-state index >= 15 is 0 Å². The lowest BCUT2D eigenvalue weighted by atomic mass is 10.1. The summed E-state index contributed by atoms with van der Waals surface area (Å²) in [5, 5.41) is 20.8. The predicted molar refractivity (Wildman–Crippen MR) is 79.6 cm³/mol. The predicted octanol–water partition coefficient (Wildman–Crippen LogP) is 3.11. The van der Waals surface area contributed by atoms with Crippen LogP contribution in [-0.4, -0.2) is 17.3 Å². The Kier molecular flexibility index (Phi) is 2.39. The normalized spacial score (nSPS) is 11.5. The van der Waals surface area contributed by atoms with Gasteiger partial charge in [0, 0.05) is 23.6 Å². The van der Waals surface area contributed by atoms with Crippen molar-refractivity contribution >= 4 is 32.9 Å². The molecule has 6 nitrogen and oxygen atoms in total. The van der Waals surface area contributed by atoms with Gasteiger partial charge < -0.3 is 23.8 Å². The van der Waals surface area contributed by atoms with E-state index in [1.165, 1.54) is 31.4 Å². The Balaban J connectivity index is 2.29. The number of rotatable bonds is 1. The second-order valence-electron chi connectivity index (χ2n) is 4.90. The zero-order valence-corrected chi connectivity index (χ0v) is 11.4. The van der Waals surface area contributed by atoms with Crippen molar-refractivity contribution in [3.05, 3.63) is 40.8 Å². The van der Waals surface area contributed by atoms with Crippen molar-refractivity contribution in [2.24, 2.45) is 0 Å². The Labute approximate surface area is 122 Å². The van der Waals surface area contributed by atoms with Crippen LogP contribution in [0.4, 0.5) is 0 Å². The molecule has 0 unspecified atom stereocenters. The molecule has 0 radical (unpaired) electrons. The van der Waals surface area contributed by atoms with E-state index in [9.17, 15) is 15.0 Å². The number of hydrogen-bond acceptors (Lipinski definition) is 6. The Bertz CT molecular complexity index is 1100. The highest BCUT2D eigenvalue weighted by Gasteiger charge is 2.19. The number of phenolic OH excluding ortho intramolecular Hbond substituents is 2. The minimum Gasteiger partial charge on any atom is -0.508 e. The van der Waals surface area contributed by atoms with Crippen LogP contribution < -0.4 is 10.4 Å². The molecule has 0 aliphatic heterocycles. The standard InChI is InChI=1S/C16H10O6/c1-20-8-5-10(18)14-12(6-8)22-16(19)13-9-3-2-7(17)4-11(9)21-15(13)14/h2-6,17-18H,1H3. The van der Waals surface area contributed by atoms with Gasteiger partial charge in [0.2, 0.25) is 0 Å². The summed E-state index contributed by atoms with van der Waals surface area (Å²) in [5.41, 5.74) is 0.134. The maximum atomic E-state index is 12.3. The molecular weight excluding hydrogens is 288 g/mol. The maximum Gasteiger partial charge on any atom is 0.348 e. The van der Waals surface area contributed by atoms with Crippen LogP contribution in [0.2, 0.25) is 0 Å². The van der Waals surface area contributed by atoms with Crippen LogP contribution in [0, 0.1) is 0 Å². The van der Waals surface area contributed by atoms with E-state index in [-0.39, 0.29) is 33.4 Å². The molecular formula is C16H10O6. The molecule has 4 rings (SSSR count). The fourth-order valence-corrected chi connectivity index (χ4v) is 2.62. The van der Waals surface area contributed by atoms with E-state index < -0.39 is 5.63 Å². The smallest absolute Gasteiger partial charge is 0.348 e. The first-order valence-electron chi connectivity index (χ1n) is 6.47. The summed E-state index contributed by atoms with van der Waals surface area (Å²) in [6.07, 6.45) is 0. The minimum atomic E-state index is -0.584. The Morgan fingerprint density at radius 1 is 1.00 bits per heavy atom. The van der Waals surface area contributed by atoms with Crippen LogP contribution in [0.1, 0.15) is 0 Å². The van der Waals surface area contributed by atoms with Crippen LogP contribution in [0.25, 0.3) is 32.9 Å². The van der Waals surface area contributed by atoms with Crippen molar-refractivity contribution in [3.63, 3.8) is 0 Å². The van der Waals surface area contributed by atoms with Gasteiger partial charge in [-0.15, -0.1) is 0 Å². The molecule has 0 saturated heterocycles. The molecule has 2 N–H and O–H groups in total. The number of ether oxygens (including phenoxy) is 1. The monoisotopic (exact) mass is 298 g/mol. The average Bonchev–Trinajstić information content (AvgIpc) is 2.85. The van der Waals surface area contributed by atoms with Crippen molar-refractivity contribution in [1.82, 2.24) is 0 Å². The number of hydrogen-bond donors (Lipinski definition) is 2. The van der Waals surface area contributed by atoms with Crippen molar-refractivity contribution in [3.8, 4) is 17.2 Å². The van der Waals surface area contributed by atoms with Gasteiger partial charge in [-0.2, -0.15) is 0 Å². The largest absolute Gasteiger partial charge is 0.508 e. The third kappa shape index (κ3) is 1.57. The molecule has 0 aliphatic carbocycles. The summed E-state index contributed by atoms with van der Waals surface area (Å²) < 4.78 is 16.0. The summed E-state index contributed by atoms with van der Waals surface area (Å²) in [7, 11) is 1.45. The summed E-state index contributed by atoms with van der Waals surface area (Å²) >= 11 is 0. The lowest BCUT2D eigenvalue weighted by molar-refractivity contribution is 0.407. The van der Waals surface area contributed by atoms with E-state index in [1.54, 1.807) is 6.07 Å². The molecule has 0 spiro atoms. The SMILES string of the molecule is COc1cc(O)c2c(c1)oc(=O)c1c3ccc(O)cc3oc21. The van der Waals surface area contributed by atoms with Crippen LogP contribution in [0.3, 0.4) is 0 Å². The number of furan rings is 1.